The Labute approximate surface area is 153 Å². The van der Waals surface area contributed by atoms with Gasteiger partial charge in [-0.2, -0.15) is 4.98 Å². The van der Waals surface area contributed by atoms with Gasteiger partial charge in [0.2, 0.25) is 5.82 Å². The summed E-state index contributed by atoms with van der Waals surface area (Å²) < 4.78 is 10.4. The lowest BCUT2D eigenvalue weighted by Gasteiger charge is -2.04. The molecule has 0 bridgehead atoms. The molecule has 4 aromatic rings. The number of carbonyl (C=O) groups excluding carboxylic acids is 1. The van der Waals surface area contributed by atoms with Crippen LogP contribution in [0.4, 0.5) is 5.69 Å². The van der Waals surface area contributed by atoms with Crippen LogP contribution in [-0.2, 0) is 0 Å². The molecular formula is C19H12ClN3O3. The molecule has 4 rings (SSSR count). The van der Waals surface area contributed by atoms with Crippen LogP contribution in [0, 0.1) is 0 Å². The van der Waals surface area contributed by atoms with E-state index in [0.717, 1.165) is 5.56 Å². The minimum absolute atomic E-state index is 0.234. The van der Waals surface area contributed by atoms with Crippen LogP contribution >= 0.6 is 11.6 Å². The second-order valence-electron chi connectivity index (χ2n) is 5.44. The summed E-state index contributed by atoms with van der Waals surface area (Å²) in [5.41, 5.74) is 2.08. The number of nitrogens with one attached hydrogen (secondary N) is 1. The van der Waals surface area contributed by atoms with Gasteiger partial charge in [-0.3, -0.25) is 4.79 Å². The second-order valence-corrected chi connectivity index (χ2v) is 5.88. The minimum Gasteiger partial charge on any atom is -0.459 e. The summed E-state index contributed by atoms with van der Waals surface area (Å²) in [6, 6.07) is 17.5. The Morgan fingerprint density at radius 1 is 1.00 bits per heavy atom. The van der Waals surface area contributed by atoms with Gasteiger partial charge in [-0.15, -0.1) is 0 Å². The fourth-order valence-corrected chi connectivity index (χ4v) is 2.51. The lowest BCUT2D eigenvalue weighted by Crippen LogP contribution is -2.10. The molecule has 0 aliphatic heterocycles. The van der Waals surface area contributed by atoms with Gasteiger partial charge in [0.15, 0.2) is 5.76 Å². The third kappa shape index (κ3) is 3.36. The molecule has 26 heavy (non-hydrogen) atoms. The van der Waals surface area contributed by atoms with Crippen LogP contribution in [-0.4, -0.2) is 16.0 Å². The van der Waals surface area contributed by atoms with Crippen LogP contribution in [0.25, 0.3) is 22.8 Å². The monoisotopic (exact) mass is 365 g/mol. The highest BCUT2D eigenvalue weighted by Crippen LogP contribution is 2.25. The first-order valence-corrected chi connectivity index (χ1v) is 8.12. The predicted octanol–water partition coefficient (Wildman–Crippen LogP) is 4.90. The fraction of sp³-hybridized carbons (Fsp3) is 0. The third-order valence-corrected chi connectivity index (χ3v) is 3.89. The standard InChI is InChI=1S/C19H12ClN3O3/c20-14-8-6-12(7-9-14)17-22-19(26-23-17)13-3-1-4-15(11-13)21-18(24)16-5-2-10-25-16/h1-11H,(H,21,24). The number of amides is 1. The molecule has 0 radical (unpaired) electrons. The molecule has 6 nitrogen and oxygen atoms in total. The van der Waals surface area contributed by atoms with E-state index in [9.17, 15) is 4.79 Å². The molecule has 7 heteroatoms. The largest absolute Gasteiger partial charge is 0.459 e. The smallest absolute Gasteiger partial charge is 0.291 e. The number of furan rings is 1. The van der Waals surface area contributed by atoms with Gasteiger partial charge >= 0.3 is 0 Å². The van der Waals surface area contributed by atoms with E-state index in [-0.39, 0.29) is 11.7 Å². The number of rotatable bonds is 4. The number of benzene rings is 2. The molecule has 1 N–H and O–H groups in total. The molecule has 0 fully saturated rings. The van der Waals surface area contributed by atoms with Crippen molar-refractivity contribution in [3.05, 3.63) is 77.7 Å². The number of anilines is 1. The van der Waals surface area contributed by atoms with E-state index in [1.165, 1.54) is 6.26 Å². The molecule has 0 aliphatic carbocycles. The quantitative estimate of drug-likeness (QED) is 0.556. The Morgan fingerprint density at radius 2 is 1.85 bits per heavy atom. The van der Waals surface area contributed by atoms with E-state index in [2.05, 4.69) is 15.5 Å². The molecule has 0 saturated carbocycles. The van der Waals surface area contributed by atoms with Gasteiger partial charge in [-0.1, -0.05) is 22.8 Å². The van der Waals surface area contributed by atoms with E-state index in [1.54, 1.807) is 42.5 Å². The molecule has 2 aromatic carbocycles. The van der Waals surface area contributed by atoms with E-state index in [1.807, 2.05) is 18.2 Å². The van der Waals surface area contributed by atoms with Crippen molar-refractivity contribution >= 4 is 23.2 Å². The Kier molecular flexibility index (Phi) is 4.25. The Hall–Kier alpha value is -3.38. The molecule has 128 valence electrons. The average molecular weight is 366 g/mol. The predicted molar refractivity (Wildman–Crippen MR) is 96.8 cm³/mol. The van der Waals surface area contributed by atoms with E-state index < -0.39 is 0 Å². The summed E-state index contributed by atoms with van der Waals surface area (Å²) in [4.78, 5) is 16.5. The molecule has 0 spiro atoms. The summed E-state index contributed by atoms with van der Waals surface area (Å²) in [5.74, 6) is 0.712. The van der Waals surface area contributed by atoms with Crippen LogP contribution in [0.15, 0.2) is 75.9 Å². The van der Waals surface area contributed by atoms with E-state index in [4.69, 9.17) is 20.5 Å². The van der Waals surface area contributed by atoms with Gasteiger partial charge in [-0.25, -0.2) is 0 Å². The number of halogens is 1. The van der Waals surface area contributed by atoms with Crippen LogP contribution in [0.2, 0.25) is 5.02 Å². The van der Waals surface area contributed by atoms with E-state index in [0.29, 0.717) is 28.0 Å². The van der Waals surface area contributed by atoms with Crippen molar-refractivity contribution in [3.63, 3.8) is 0 Å². The third-order valence-electron chi connectivity index (χ3n) is 3.64. The highest BCUT2D eigenvalue weighted by atomic mass is 35.5. The van der Waals surface area contributed by atoms with E-state index >= 15 is 0 Å². The average Bonchev–Trinajstić information content (AvgIpc) is 3.35. The summed E-state index contributed by atoms with van der Waals surface area (Å²) in [6.45, 7) is 0. The van der Waals surface area contributed by atoms with Gasteiger partial charge < -0.3 is 14.3 Å². The van der Waals surface area contributed by atoms with Crippen molar-refractivity contribution in [1.82, 2.24) is 10.1 Å². The number of carbonyl (C=O) groups is 1. The summed E-state index contributed by atoms with van der Waals surface area (Å²) in [5, 5.41) is 7.39. The Balaban J connectivity index is 1.57. The lowest BCUT2D eigenvalue weighted by molar-refractivity contribution is 0.0996. The van der Waals surface area contributed by atoms with Gasteiger partial charge in [0.1, 0.15) is 0 Å². The summed E-state index contributed by atoms with van der Waals surface area (Å²) in [7, 11) is 0. The van der Waals surface area contributed by atoms with Crippen molar-refractivity contribution in [2.45, 2.75) is 0 Å². The summed E-state index contributed by atoms with van der Waals surface area (Å²) in [6.07, 6.45) is 1.45. The fourth-order valence-electron chi connectivity index (χ4n) is 2.39. The molecule has 0 unspecified atom stereocenters. The maximum Gasteiger partial charge on any atom is 0.291 e. The van der Waals surface area contributed by atoms with Crippen molar-refractivity contribution in [2.24, 2.45) is 0 Å². The topological polar surface area (TPSA) is 81.2 Å². The first kappa shape index (κ1) is 16.1. The van der Waals surface area contributed by atoms with Crippen LogP contribution in [0.5, 0.6) is 0 Å². The minimum atomic E-state index is -0.334. The first-order chi connectivity index (χ1) is 12.7. The van der Waals surface area contributed by atoms with Gasteiger partial charge in [0.25, 0.3) is 11.8 Å². The molecule has 2 heterocycles. The molecule has 0 saturated heterocycles. The summed E-state index contributed by atoms with van der Waals surface area (Å²) >= 11 is 5.89. The zero-order chi connectivity index (χ0) is 17.9. The molecular weight excluding hydrogens is 354 g/mol. The molecule has 1 amide bonds. The second kappa shape index (κ2) is 6.85. The SMILES string of the molecule is O=C(Nc1cccc(-c2nc(-c3ccc(Cl)cc3)no2)c1)c1ccco1. The highest BCUT2D eigenvalue weighted by Gasteiger charge is 2.13. The Morgan fingerprint density at radius 3 is 2.62 bits per heavy atom. The van der Waals surface area contributed by atoms with Crippen molar-refractivity contribution < 1.29 is 13.7 Å². The lowest BCUT2D eigenvalue weighted by atomic mass is 10.2. The maximum absolute atomic E-state index is 12.1. The number of aromatic nitrogens is 2. The van der Waals surface area contributed by atoms with Gasteiger partial charge in [0, 0.05) is 21.8 Å². The normalized spacial score (nSPS) is 10.7. The van der Waals surface area contributed by atoms with Gasteiger partial charge in [0.05, 0.1) is 6.26 Å². The van der Waals surface area contributed by atoms with Crippen LogP contribution in [0.3, 0.4) is 0 Å². The zero-order valence-electron chi connectivity index (χ0n) is 13.3. The number of hydrogen-bond donors (Lipinski definition) is 1. The van der Waals surface area contributed by atoms with Crippen LogP contribution in [0.1, 0.15) is 10.6 Å². The molecule has 0 atom stereocenters. The van der Waals surface area contributed by atoms with Crippen molar-refractivity contribution in [3.8, 4) is 22.8 Å². The van der Waals surface area contributed by atoms with Gasteiger partial charge in [-0.05, 0) is 54.6 Å². The number of nitrogens with zero attached hydrogens (tertiary/aromatic N) is 2. The maximum atomic E-state index is 12.1. The Bertz CT molecular complexity index is 1040. The first-order valence-electron chi connectivity index (χ1n) is 7.74. The molecule has 2 aromatic heterocycles. The van der Waals surface area contributed by atoms with Crippen molar-refractivity contribution in [2.75, 3.05) is 5.32 Å². The zero-order valence-corrected chi connectivity index (χ0v) is 14.1. The van der Waals surface area contributed by atoms with Crippen LogP contribution < -0.4 is 5.32 Å². The van der Waals surface area contributed by atoms with Crippen molar-refractivity contribution in [1.29, 1.82) is 0 Å². The highest BCUT2D eigenvalue weighted by molar-refractivity contribution is 6.30. The molecule has 0 aliphatic rings. The number of hydrogen-bond acceptors (Lipinski definition) is 5.